The molecule has 0 aliphatic carbocycles. The van der Waals surface area contributed by atoms with Crippen LogP contribution in [0.3, 0.4) is 0 Å². The lowest BCUT2D eigenvalue weighted by molar-refractivity contribution is -0.137. The van der Waals surface area contributed by atoms with Gasteiger partial charge in [-0.05, 0) is 66.9 Å². The van der Waals surface area contributed by atoms with E-state index in [1.165, 1.54) is 24.4 Å². The maximum atomic E-state index is 14.3. The van der Waals surface area contributed by atoms with Crippen LogP contribution in [0.1, 0.15) is 28.8 Å². The molecule has 0 fully saturated rings. The zero-order valence-electron chi connectivity index (χ0n) is 17.5. The monoisotopic (exact) mass is 477 g/mol. The Morgan fingerprint density at radius 1 is 1.12 bits per heavy atom. The van der Waals surface area contributed by atoms with Crippen LogP contribution in [-0.2, 0) is 11.7 Å². The lowest BCUT2D eigenvalue weighted by Gasteiger charge is -2.34. The third-order valence-electron chi connectivity index (χ3n) is 4.94. The van der Waals surface area contributed by atoms with Crippen molar-refractivity contribution in [1.29, 1.82) is 0 Å². The summed E-state index contributed by atoms with van der Waals surface area (Å²) < 4.78 is 54.7. The highest BCUT2D eigenvalue weighted by Crippen LogP contribution is 2.38. The van der Waals surface area contributed by atoms with E-state index in [9.17, 15) is 22.4 Å². The van der Waals surface area contributed by atoms with E-state index >= 15 is 0 Å². The predicted octanol–water partition coefficient (Wildman–Crippen LogP) is 6.84. The van der Waals surface area contributed by atoms with Crippen molar-refractivity contribution in [3.8, 4) is 0 Å². The fourth-order valence-electron chi connectivity index (χ4n) is 3.48. The second kappa shape index (κ2) is 9.62. The lowest BCUT2D eigenvalue weighted by atomic mass is 9.82. The molecule has 3 aromatic rings. The van der Waals surface area contributed by atoms with Gasteiger partial charge >= 0.3 is 12.2 Å². The largest absolute Gasteiger partial charge is 0.416 e. The van der Waals surface area contributed by atoms with Gasteiger partial charge in [0, 0.05) is 11.9 Å². The van der Waals surface area contributed by atoms with E-state index in [2.05, 4.69) is 22.2 Å². The van der Waals surface area contributed by atoms with Gasteiger partial charge in [-0.15, -0.1) is 6.58 Å². The molecule has 0 aliphatic rings. The van der Waals surface area contributed by atoms with Crippen LogP contribution in [0.15, 0.2) is 73.4 Å². The highest BCUT2D eigenvalue weighted by molar-refractivity contribution is 6.30. The molecule has 0 saturated carbocycles. The highest BCUT2D eigenvalue weighted by atomic mass is 35.5. The molecule has 0 bridgehead atoms. The van der Waals surface area contributed by atoms with Crippen molar-refractivity contribution in [3.63, 3.8) is 0 Å². The number of aromatic nitrogens is 1. The zero-order valence-corrected chi connectivity index (χ0v) is 18.3. The summed E-state index contributed by atoms with van der Waals surface area (Å²) in [5.74, 6) is -1.11. The van der Waals surface area contributed by atoms with Crippen molar-refractivity contribution in [3.05, 3.63) is 107 Å². The first-order valence-electron chi connectivity index (χ1n) is 9.80. The fraction of sp³-hybridized carbons (Fsp3) is 0.167. The smallest absolute Gasteiger partial charge is 0.322 e. The van der Waals surface area contributed by atoms with Crippen LogP contribution < -0.4 is 10.6 Å². The molecule has 4 nitrogen and oxygen atoms in total. The van der Waals surface area contributed by atoms with Crippen molar-refractivity contribution in [2.45, 2.75) is 25.1 Å². The van der Waals surface area contributed by atoms with Crippen LogP contribution >= 0.6 is 11.6 Å². The zero-order chi connectivity index (χ0) is 24.2. The van der Waals surface area contributed by atoms with Crippen molar-refractivity contribution >= 4 is 23.3 Å². The number of carbonyl (C=O) groups is 1. The molecule has 0 saturated heterocycles. The van der Waals surface area contributed by atoms with Crippen molar-refractivity contribution in [2.24, 2.45) is 0 Å². The van der Waals surface area contributed by atoms with Crippen LogP contribution in [0.4, 0.5) is 28.0 Å². The minimum absolute atomic E-state index is 0.0797. The molecule has 9 heteroatoms. The lowest BCUT2D eigenvalue weighted by Crippen LogP contribution is -2.49. The van der Waals surface area contributed by atoms with Crippen molar-refractivity contribution < 1.29 is 22.4 Å². The Morgan fingerprint density at radius 2 is 1.85 bits per heavy atom. The summed E-state index contributed by atoms with van der Waals surface area (Å²) in [6.07, 6.45) is -2.18. The van der Waals surface area contributed by atoms with Gasteiger partial charge in [-0.25, -0.2) is 9.18 Å². The summed E-state index contributed by atoms with van der Waals surface area (Å²) in [7, 11) is 0. The number of nitrogens with one attached hydrogen (secondary N) is 2. The average molecular weight is 478 g/mol. The number of nitrogens with zero attached hydrogens (tertiary/aromatic N) is 1. The Bertz CT molecular complexity index is 1170. The predicted molar refractivity (Wildman–Crippen MR) is 120 cm³/mol. The molecule has 0 aliphatic heterocycles. The molecule has 0 spiro atoms. The number of hydrogen-bond donors (Lipinski definition) is 2. The molecule has 2 amide bonds. The van der Waals surface area contributed by atoms with Gasteiger partial charge in [0.1, 0.15) is 11.4 Å². The molecular weight excluding hydrogens is 458 g/mol. The van der Waals surface area contributed by atoms with Crippen molar-refractivity contribution in [1.82, 2.24) is 10.3 Å². The van der Waals surface area contributed by atoms with Gasteiger partial charge in [0.2, 0.25) is 0 Å². The van der Waals surface area contributed by atoms with Crippen LogP contribution in [0.5, 0.6) is 0 Å². The molecule has 1 heterocycles. The fourth-order valence-corrected chi connectivity index (χ4v) is 3.59. The Morgan fingerprint density at radius 3 is 2.45 bits per heavy atom. The van der Waals surface area contributed by atoms with Gasteiger partial charge in [0.15, 0.2) is 0 Å². The summed E-state index contributed by atoms with van der Waals surface area (Å²) in [5, 5.41) is 5.63. The van der Waals surface area contributed by atoms with E-state index in [0.29, 0.717) is 11.8 Å². The molecule has 33 heavy (non-hydrogen) atoms. The van der Waals surface area contributed by atoms with Crippen LogP contribution in [-0.4, -0.2) is 11.0 Å². The maximum Gasteiger partial charge on any atom is 0.416 e. The number of rotatable bonds is 6. The molecule has 0 unspecified atom stereocenters. The van der Waals surface area contributed by atoms with Gasteiger partial charge < -0.3 is 10.6 Å². The number of halogens is 5. The minimum Gasteiger partial charge on any atom is -0.322 e. The summed E-state index contributed by atoms with van der Waals surface area (Å²) in [6.45, 7) is 5.51. The van der Waals surface area contributed by atoms with E-state index in [1.807, 2.05) is 13.0 Å². The number of urea groups is 1. The molecule has 172 valence electrons. The van der Waals surface area contributed by atoms with E-state index < -0.39 is 29.1 Å². The summed E-state index contributed by atoms with van der Waals surface area (Å²) >= 11 is 5.93. The molecule has 0 radical (unpaired) electrons. The molecule has 3 rings (SSSR count). The Hall–Kier alpha value is -3.39. The van der Waals surface area contributed by atoms with E-state index in [0.717, 1.165) is 17.7 Å². The standard InChI is InChI=1S/C24H20ClF4N3O/c1-3-9-23(21-8-7-18(25)14-30-21,16-11-17(24(27,28)29)13-19(26)12-16)32-22(33)31-20-6-4-5-15(2)10-20/h3-8,10-14H,1,9H2,2H3,(H2,31,32,33)/t23-/m0/s1. The molecule has 2 N–H and O–H groups in total. The maximum absolute atomic E-state index is 14.3. The van der Waals surface area contributed by atoms with Crippen molar-refractivity contribution in [2.75, 3.05) is 5.32 Å². The number of carbonyl (C=O) groups excluding carboxylic acids is 1. The van der Waals surface area contributed by atoms with E-state index in [1.54, 1.807) is 18.2 Å². The number of amides is 2. The average Bonchev–Trinajstić information content (AvgIpc) is 2.73. The molecule has 2 aromatic carbocycles. The van der Waals surface area contributed by atoms with Gasteiger partial charge in [0.05, 0.1) is 16.3 Å². The van der Waals surface area contributed by atoms with Gasteiger partial charge in [-0.1, -0.05) is 29.8 Å². The summed E-state index contributed by atoms with van der Waals surface area (Å²) in [4.78, 5) is 17.2. The van der Waals surface area contributed by atoms with Gasteiger partial charge in [0.25, 0.3) is 0 Å². The Labute approximate surface area is 193 Å². The highest BCUT2D eigenvalue weighted by Gasteiger charge is 2.40. The summed E-state index contributed by atoms with van der Waals surface area (Å²) in [6, 6.07) is 11.3. The van der Waals surface area contributed by atoms with E-state index in [4.69, 9.17) is 11.6 Å². The number of anilines is 1. The van der Waals surface area contributed by atoms with E-state index in [-0.39, 0.29) is 22.7 Å². The molecular formula is C24H20ClF4N3O. The third kappa shape index (κ3) is 5.70. The second-order valence-corrected chi connectivity index (χ2v) is 7.87. The number of pyridine rings is 1. The van der Waals surface area contributed by atoms with Gasteiger partial charge in [-0.3, -0.25) is 4.98 Å². The number of hydrogen-bond acceptors (Lipinski definition) is 2. The van der Waals surface area contributed by atoms with Crippen LogP contribution in [0.25, 0.3) is 0 Å². The second-order valence-electron chi connectivity index (χ2n) is 7.43. The first kappa shape index (κ1) is 24.3. The number of benzene rings is 2. The first-order chi connectivity index (χ1) is 15.5. The quantitative estimate of drug-likeness (QED) is 0.301. The number of alkyl halides is 3. The Kier molecular flexibility index (Phi) is 7.07. The molecule has 1 aromatic heterocycles. The topological polar surface area (TPSA) is 54.0 Å². The van der Waals surface area contributed by atoms with Crippen LogP contribution in [0, 0.1) is 12.7 Å². The number of aryl methyl sites for hydroxylation is 1. The Balaban J connectivity index is 2.15. The molecule has 1 atom stereocenters. The SMILES string of the molecule is C=CC[C@](NC(=O)Nc1cccc(C)c1)(c1cc(F)cc(C(F)(F)F)c1)c1ccc(Cl)cn1. The normalized spacial score (nSPS) is 13.2. The summed E-state index contributed by atoms with van der Waals surface area (Å²) in [5.41, 5.74) is -1.49. The van der Waals surface area contributed by atoms with Gasteiger partial charge in [-0.2, -0.15) is 13.2 Å². The van der Waals surface area contributed by atoms with Crippen LogP contribution in [0.2, 0.25) is 5.02 Å². The minimum atomic E-state index is -4.80. The first-order valence-corrected chi connectivity index (χ1v) is 10.2. The third-order valence-corrected chi connectivity index (χ3v) is 5.16.